The Balaban J connectivity index is 2.67. The molecule has 0 radical (unpaired) electrons. The van der Waals surface area contributed by atoms with Crippen LogP contribution in [0.25, 0.3) is 0 Å². The molecule has 2 unspecified atom stereocenters. The van der Waals surface area contributed by atoms with Gasteiger partial charge in [0.1, 0.15) is 0 Å². The molecule has 4 nitrogen and oxygen atoms in total. The monoisotopic (exact) mass is 267 g/mol. The largest absolute Gasteiger partial charge is 0.394 e. The molecular formula is C15H25NO3. The van der Waals surface area contributed by atoms with Crippen LogP contribution in [0, 0.1) is 0 Å². The van der Waals surface area contributed by atoms with Crippen molar-refractivity contribution in [1.29, 1.82) is 0 Å². The summed E-state index contributed by atoms with van der Waals surface area (Å²) in [6.45, 7) is 5.56. The van der Waals surface area contributed by atoms with Crippen molar-refractivity contribution in [2.75, 3.05) is 33.5 Å². The molecule has 19 heavy (non-hydrogen) atoms. The lowest BCUT2D eigenvalue weighted by Gasteiger charge is -2.33. The zero-order valence-corrected chi connectivity index (χ0v) is 12.1. The summed E-state index contributed by atoms with van der Waals surface area (Å²) in [5.41, 5.74) is 0.450. The Morgan fingerprint density at radius 1 is 1.32 bits per heavy atom. The number of rotatable bonds is 9. The second kappa shape index (κ2) is 8.27. The van der Waals surface area contributed by atoms with Crippen molar-refractivity contribution >= 4 is 0 Å². The zero-order valence-electron chi connectivity index (χ0n) is 12.1. The van der Waals surface area contributed by atoms with Crippen molar-refractivity contribution in [2.45, 2.75) is 25.5 Å². The standard InChI is InChI=1S/C15H25NO3/c1-4-18-10-13(2)19-12-15(11-17,16-3)14-8-6-5-7-9-14/h5-9,13,16-17H,4,10-12H2,1-3H3. The lowest BCUT2D eigenvalue weighted by molar-refractivity contribution is -0.0392. The van der Waals surface area contributed by atoms with E-state index in [0.717, 1.165) is 5.56 Å². The predicted molar refractivity (Wildman–Crippen MR) is 76.2 cm³/mol. The number of hydrogen-bond acceptors (Lipinski definition) is 4. The third-order valence-corrected chi connectivity index (χ3v) is 3.25. The zero-order chi connectivity index (χ0) is 14.1. The van der Waals surface area contributed by atoms with Gasteiger partial charge in [0.15, 0.2) is 0 Å². The van der Waals surface area contributed by atoms with Crippen molar-refractivity contribution in [3.63, 3.8) is 0 Å². The predicted octanol–water partition coefficient (Wildman–Crippen LogP) is 1.54. The van der Waals surface area contributed by atoms with Gasteiger partial charge in [0.05, 0.1) is 31.5 Å². The van der Waals surface area contributed by atoms with Crippen molar-refractivity contribution in [2.24, 2.45) is 0 Å². The molecular weight excluding hydrogens is 242 g/mol. The van der Waals surface area contributed by atoms with Gasteiger partial charge in [-0.3, -0.25) is 0 Å². The molecule has 1 rings (SSSR count). The maximum atomic E-state index is 9.75. The molecule has 0 aliphatic carbocycles. The number of benzene rings is 1. The lowest BCUT2D eigenvalue weighted by atomic mass is 9.92. The van der Waals surface area contributed by atoms with E-state index in [1.165, 1.54) is 0 Å². The molecule has 0 aromatic heterocycles. The second-order valence-electron chi connectivity index (χ2n) is 4.64. The molecule has 108 valence electrons. The molecule has 2 N–H and O–H groups in total. The second-order valence-corrected chi connectivity index (χ2v) is 4.64. The lowest BCUT2D eigenvalue weighted by Crippen LogP contribution is -2.48. The van der Waals surface area contributed by atoms with Crippen molar-refractivity contribution in [3.05, 3.63) is 35.9 Å². The Hall–Kier alpha value is -0.940. The smallest absolute Gasteiger partial charge is 0.0903 e. The maximum absolute atomic E-state index is 9.75. The Kier molecular flexibility index (Phi) is 7.02. The van der Waals surface area contributed by atoms with Crippen LogP contribution in [-0.2, 0) is 15.0 Å². The van der Waals surface area contributed by atoms with Gasteiger partial charge in [0, 0.05) is 6.61 Å². The number of aliphatic hydroxyl groups excluding tert-OH is 1. The van der Waals surface area contributed by atoms with Crippen LogP contribution >= 0.6 is 0 Å². The number of likely N-dealkylation sites (N-methyl/N-ethyl adjacent to an activating group) is 1. The van der Waals surface area contributed by atoms with E-state index in [0.29, 0.717) is 19.8 Å². The molecule has 0 aliphatic heterocycles. The molecule has 4 heteroatoms. The van der Waals surface area contributed by atoms with Gasteiger partial charge in [-0.05, 0) is 26.5 Å². The van der Waals surface area contributed by atoms with Gasteiger partial charge >= 0.3 is 0 Å². The Morgan fingerprint density at radius 3 is 2.53 bits per heavy atom. The van der Waals surface area contributed by atoms with Crippen molar-refractivity contribution in [3.8, 4) is 0 Å². The molecule has 0 fully saturated rings. The topological polar surface area (TPSA) is 50.7 Å². The molecule has 1 aromatic carbocycles. The first kappa shape index (κ1) is 16.1. The first-order valence-electron chi connectivity index (χ1n) is 6.73. The number of nitrogens with one attached hydrogen (secondary N) is 1. The summed E-state index contributed by atoms with van der Waals surface area (Å²) in [5.74, 6) is 0. The molecule has 0 amide bonds. The average molecular weight is 267 g/mol. The fraction of sp³-hybridized carbons (Fsp3) is 0.600. The minimum absolute atomic E-state index is 0.00272. The normalized spacial score (nSPS) is 16.0. The summed E-state index contributed by atoms with van der Waals surface area (Å²) in [4.78, 5) is 0. The fourth-order valence-electron chi connectivity index (χ4n) is 1.89. The molecule has 0 saturated carbocycles. The van der Waals surface area contributed by atoms with Crippen LogP contribution < -0.4 is 5.32 Å². The van der Waals surface area contributed by atoms with E-state index >= 15 is 0 Å². The first-order chi connectivity index (χ1) is 9.18. The molecule has 0 aliphatic rings. The van der Waals surface area contributed by atoms with Gasteiger partial charge in [-0.2, -0.15) is 0 Å². The van der Waals surface area contributed by atoms with Gasteiger partial charge in [-0.1, -0.05) is 30.3 Å². The molecule has 2 atom stereocenters. The van der Waals surface area contributed by atoms with E-state index in [1.54, 1.807) is 0 Å². The van der Waals surface area contributed by atoms with E-state index in [1.807, 2.05) is 51.2 Å². The van der Waals surface area contributed by atoms with Gasteiger partial charge in [0.25, 0.3) is 0 Å². The quantitative estimate of drug-likeness (QED) is 0.712. The minimum atomic E-state index is -0.568. The third-order valence-electron chi connectivity index (χ3n) is 3.25. The highest BCUT2D eigenvalue weighted by atomic mass is 16.5. The molecule has 0 spiro atoms. The van der Waals surface area contributed by atoms with Crippen LogP contribution in [-0.4, -0.2) is 44.7 Å². The number of ether oxygens (including phenoxy) is 2. The minimum Gasteiger partial charge on any atom is -0.394 e. The highest BCUT2D eigenvalue weighted by molar-refractivity contribution is 5.24. The van der Waals surface area contributed by atoms with E-state index in [-0.39, 0.29) is 12.7 Å². The summed E-state index contributed by atoms with van der Waals surface area (Å²) >= 11 is 0. The molecule has 0 bridgehead atoms. The Bertz CT molecular complexity index is 339. The third kappa shape index (κ3) is 4.58. The molecule has 0 heterocycles. The van der Waals surface area contributed by atoms with Crippen molar-refractivity contribution in [1.82, 2.24) is 5.32 Å². The maximum Gasteiger partial charge on any atom is 0.0903 e. The molecule has 1 aromatic rings. The highest BCUT2D eigenvalue weighted by Crippen LogP contribution is 2.21. The summed E-state index contributed by atoms with van der Waals surface area (Å²) in [6, 6.07) is 9.86. The number of aliphatic hydroxyl groups is 1. The highest BCUT2D eigenvalue weighted by Gasteiger charge is 2.30. The van der Waals surface area contributed by atoms with E-state index in [2.05, 4.69) is 5.32 Å². The summed E-state index contributed by atoms with van der Waals surface area (Å²) in [5, 5.41) is 12.9. The van der Waals surface area contributed by atoms with E-state index < -0.39 is 5.54 Å². The van der Waals surface area contributed by atoms with Crippen LogP contribution in [0.1, 0.15) is 19.4 Å². The van der Waals surface area contributed by atoms with Crippen LogP contribution in [0.15, 0.2) is 30.3 Å². The van der Waals surface area contributed by atoms with E-state index in [4.69, 9.17) is 9.47 Å². The van der Waals surface area contributed by atoms with Crippen molar-refractivity contribution < 1.29 is 14.6 Å². The van der Waals surface area contributed by atoms with E-state index in [9.17, 15) is 5.11 Å². The Labute approximate surface area is 115 Å². The van der Waals surface area contributed by atoms with Crippen LogP contribution in [0.5, 0.6) is 0 Å². The van der Waals surface area contributed by atoms with Gasteiger partial charge < -0.3 is 19.9 Å². The SMILES string of the molecule is CCOCC(C)OCC(CO)(NC)c1ccccc1. The summed E-state index contributed by atoms with van der Waals surface area (Å²) in [7, 11) is 1.83. The Morgan fingerprint density at radius 2 is 2.00 bits per heavy atom. The van der Waals surface area contributed by atoms with Crippen LogP contribution in [0.4, 0.5) is 0 Å². The molecule has 0 saturated heterocycles. The van der Waals surface area contributed by atoms with Gasteiger partial charge in [-0.15, -0.1) is 0 Å². The number of hydrogen-bond donors (Lipinski definition) is 2. The summed E-state index contributed by atoms with van der Waals surface area (Å²) in [6.07, 6.45) is 0.00272. The average Bonchev–Trinajstić information content (AvgIpc) is 2.48. The fourth-order valence-corrected chi connectivity index (χ4v) is 1.89. The summed E-state index contributed by atoms with van der Waals surface area (Å²) < 4.78 is 11.1. The van der Waals surface area contributed by atoms with Crippen LogP contribution in [0.3, 0.4) is 0 Å². The first-order valence-corrected chi connectivity index (χ1v) is 6.73. The van der Waals surface area contributed by atoms with Gasteiger partial charge in [0.2, 0.25) is 0 Å². The van der Waals surface area contributed by atoms with Crippen LogP contribution in [0.2, 0.25) is 0 Å². The van der Waals surface area contributed by atoms with Gasteiger partial charge in [-0.25, -0.2) is 0 Å².